The van der Waals surface area contributed by atoms with Crippen LogP contribution >= 0.6 is 15.9 Å². The van der Waals surface area contributed by atoms with Gasteiger partial charge in [0, 0.05) is 17.2 Å². The minimum atomic E-state index is -4.64. The highest BCUT2D eigenvalue weighted by Gasteiger charge is 2.31. The molecule has 14 heteroatoms. The number of nitrogens with zero attached hydrogens (tertiary/aromatic N) is 4. The molecular formula is C24H14BrF3N4O6. The Morgan fingerprint density at radius 3 is 2.61 bits per heavy atom. The van der Waals surface area contributed by atoms with E-state index < -0.39 is 40.5 Å². The molecule has 3 aromatic carbocycles. The van der Waals surface area contributed by atoms with E-state index in [0.29, 0.717) is 0 Å². The van der Waals surface area contributed by atoms with Crippen molar-refractivity contribution >= 4 is 44.7 Å². The van der Waals surface area contributed by atoms with E-state index in [1.54, 1.807) is 12.1 Å². The molecular weight excluding hydrogens is 577 g/mol. The fourth-order valence-corrected chi connectivity index (χ4v) is 4.04. The van der Waals surface area contributed by atoms with Crippen LogP contribution in [0.2, 0.25) is 0 Å². The largest absolute Gasteiger partial charge is 0.479 e. The first-order valence-electron chi connectivity index (χ1n) is 10.5. The van der Waals surface area contributed by atoms with Gasteiger partial charge in [0.25, 0.3) is 5.56 Å². The highest BCUT2D eigenvalue weighted by atomic mass is 79.9. The fourth-order valence-electron chi connectivity index (χ4n) is 3.46. The molecule has 0 fully saturated rings. The molecule has 194 valence electrons. The van der Waals surface area contributed by atoms with E-state index in [4.69, 9.17) is 9.84 Å². The van der Waals surface area contributed by atoms with Crippen LogP contribution in [0.5, 0.6) is 5.75 Å². The van der Waals surface area contributed by atoms with Gasteiger partial charge in [0.15, 0.2) is 12.4 Å². The monoisotopic (exact) mass is 590 g/mol. The molecule has 1 heterocycles. The zero-order valence-electron chi connectivity index (χ0n) is 18.8. The van der Waals surface area contributed by atoms with E-state index in [0.717, 1.165) is 29.1 Å². The number of aliphatic carboxylic acids is 1. The lowest BCUT2D eigenvalue weighted by molar-refractivity contribution is -0.385. The number of alkyl halides is 3. The van der Waals surface area contributed by atoms with E-state index in [9.17, 15) is 32.9 Å². The second-order valence-electron chi connectivity index (χ2n) is 7.68. The topological polar surface area (TPSA) is 137 Å². The van der Waals surface area contributed by atoms with Gasteiger partial charge in [-0.1, -0.05) is 24.3 Å². The number of carbonyl (C=O) groups is 1. The highest BCUT2D eigenvalue weighted by molar-refractivity contribution is 9.10. The van der Waals surface area contributed by atoms with Crippen molar-refractivity contribution in [1.82, 2.24) is 9.66 Å². The Hall–Kier alpha value is -4.59. The third kappa shape index (κ3) is 5.54. The second kappa shape index (κ2) is 10.4. The third-order valence-corrected chi connectivity index (χ3v) is 5.70. The van der Waals surface area contributed by atoms with E-state index in [-0.39, 0.29) is 38.1 Å². The van der Waals surface area contributed by atoms with Gasteiger partial charge >= 0.3 is 17.8 Å². The maximum absolute atomic E-state index is 13.3. The van der Waals surface area contributed by atoms with Gasteiger partial charge < -0.3 is 9.84 Å². The average molecular weight is 591 g/mol. The summed E-state index contributed by atoms with van der Waals surface area (Å²) in [6.45, 7) is -0.828. The van der Waals surface area contributed by atoms with E-state index >= 15 is 0 Å². The summed E-state index contributed by atoms with van der Waals surface area (Å²) in [6, 6.07) is 12.8. The molecule has 0 aliphatic rings. The van der Waals surface area contributed by atoms with Crippen molar-refractivity contribution in [3.8, 4) is 17.1 Å². The number of carboxylic acid groups (broad SMARTS) is 1. The highest BCUT2D eigenvalue weighted by Crippen LogP contribution is 2.36. The molecule has 10 nitrogen and oxygen atoms in total. The van der Waals surface area contributed by atoms with Crippen LogP contribution in [0, 0.1) is 10.1 Å². The van der Waals surface area contributed by atoms with Crippen molar-refractivity contribution in [1.29, 1.82) is 0 Å². The summed E-state index contributed by atoms with van der Waals surface area (Å²) in [5.74, 6) is -1.86. The summed E-state index contributed by atoms with van der Waals surface area (Å²) in [5, 5.41) is 24.6. The van der Waals surface area contributed by atoms with Crippen molar-refractivity contribution in [2.24, 2.45) is 5.10 Å². The molecule has 4 rings (SSSR count). The number of ether oxygens (including phenoxy) is 1. The number of nitro benzene ring substituents is 1. The summed E-state index contributed by atoms with van der Waals surface area (Å²) in [5.41, 5.74) is -1.93. The molecule has 0 unspecified atom stereocenters. The maximum Gasteiger partial charge on any atom is 0.416 e. The number of hydrogen-bond acceptors (Lipinski definition) is 7. The summed E-state index contributed by atoms with van der Waals surface area (Å²) >= 11 is 3.10. The number of nitro groups is 1. The lowest BCUT2D eigenvalue weighted by Gasteiger charge is -2.12. The number of hydrogen-bond donors (Lipinski definition) is 1. The zero-order chi connectivity index (χ0) is 27.6. The average Bonchev–Trinajstić information content (AvgIpc) is 2.86. The SMILES string of the molecule is O=C(O)COc1c(Br)cc(C=Nn2c(-c3cccc(C(F)(F)F)c3)nc3ccccc3c2=O)cc1[N+](=O)[O-]. The molecule has 0 saturated carbocycles. The molecule has 38 heavy (non-hydrogen) atoms. The summed E-state index contributed by atoms with van der Waals surface area (Å²) in [4.78, 5) is 39.2. The molecule has 4 aromatic rings. The molecule has 1 N–H and O–H groups in total. The molecule has 0 saturated heterocycles. The molecule has 0 spiro atoms. The van der Waals surface area contributed by atoms with Crippen LogP contribution in [0.25, 0.3) is 22.3 Å². The Morgan fingerprint density at radius 2 is 1.92 bits per heavy atom. The number of fused-ring (bicyclic) bond motifs is 1. The van der Waals surface area contributed by atoms with Crippen molar-refractivity contribution in [3.63, 3.8) is 0 Å². The smallest absolute Gasteiger partial charge is 0.416 e. The third-order valence-electron chi connectivity index (χ3n) is 5.11. The van der Waals surface area contributed by atoms with Gasteiger partial charge in [-0.05, 0) is 46.3 Å². The van der Waals surface area contributed by atoms with Gasteiger partial charge in [0.05, 0.1) is 32.1 Å². The van der Waals surface area contributed by atoms with E-state index in [2.05, 4.69) is 26.0 Å². The minimum absolute atomic E-state index is 0.0376. The summed E-state index contributed by atoms with van der Waals surface area (Å²) < 4.78 is 45.9. The van der Waals surface area contributed by atoms with E-state index in [1.165, 1.54) is 30.3 Å². The Labute approximate surface area is 218 Å². The quantitative estimate of drug-likeness (QED) is 0.179. The molecule has 1 aromatic heterocycles. The van der Waals surface area contributed by atoms with Crippen LogP contribution in [0.1, 0.15) is 11.1 Å². The maximum atomic E-state index is 13.3. The normalized spacial score (nSPS) is 11.7. The standard InChI is InChI=1S/C24H14BrF3N4O6/c25-17-8-13(9-19(32(36)37)21(17)38-12-20(33)34)11-29-31-22(14-4-3-5-15(10-14)24(26,27)28)30-18-7-2-1-6-16(18)23(31)35/h1-11H,12H2,(H,33,34). The Balaban J connectivity index is 1.88. The number of carboxylic acids is 1. The predicted molar refractivity (Wildman–Crippen MR) is 133 cm³/mol. The lowest BCUT2D eigenvalue weighted by Crippen LogP contribution is -2.20. The number of aromatic nitrogens is 2. The number of halogens is 4. The molecule has 0 aliphatic carbocycles. The van der Waals surface area contributed by atoms with Gasteiger partial charge in [0.2, 0.25) is 5.75 Å². The van der Waals surface area contributed by atoms with Crippen LogP contribution in [0.3, 0.4) is 0 Å². The van der Waals surface area contributed by atoms with Crippen molar-refractivity contribution < 1.29 is 32.7 Å². The summed E-state index contributed by atoms with van der Waals surface area (Å²) in [6.07, 6.45) is -3.56. The minimum Gasteiger partial charge on any atom is -0.479 e. The first-order chi connectivity index (χ1) is 18.0. The van der Waals surface area contributed by atoms with Crippen LogP contribution in [-0.2, 0) is 11.0 Å². The van der Waals surface area contributed by atoms with Gasteiger partial charge in [-0.3, -0.25) is 14.9 Å². The van der Waals surface area contributed by atoms with Crippen LogP contribution < -0.4 is 10.3 Å². The molecule has 0 bridgehead atoms. The van der Waals surface area contributed by atoms with Crippen molar-refractivity contribution in [2.75, 3.05) is 6.61 Å². The number of benzene rings is 3. The second-order valence-corrected chi connectivity index (χ2v) is 8.54. The first kappa shape index (κ1) is 26.5. The van der Waals surface area contributed by atoms with E-state index in [1.807, 2.05) is 0 Å². The Morgan fingerprint density at radius 1 is 1.18 bits per heavy atom. The Bertz CT molecular complexity index is 1670. The summed E-state index contributed by atoms with van der Waals surface area (Å²) in [7, 11) is 0. The molecule has 0 radical (unpaired) electrons. The van der Waals surface area contributed by atoms with Gasteiger partial charge in [-0.25, -0.2) is 9.78 Å². The van der Waals surface area contributed by atoms with Gasteiger partial charge in [0.1, 0.15) is 0 Å². The number of rotatable bonds is 7. The van der Waals surface area contributed by atoms with Crippen molar-refractivity contribution in [2.45, 2.75) is 6.18 Å². The fraction of sp³-hybridized carbons (Fsp3) is 0.0833. The lowest BCUT2D eigenvalue weighted by atomic mass is 10.1. The molecule has 0 aliphatic heterocycles. The first-order valence-corrected chi connectivity index (χ1v) is 11.3. The Kier molecular flexibility index (Phi) is 7.26. The number of para-hydroxylation sites is 1. The molecule has 0 atom stereocenters. The van der Waals surface area contributed by atoms with Crippen molar-refractivity contribution in [3.05, 3.63) is 96.7 Å². The predicted octanol–water partition coefficient (Wildman–Crippen LogP) is 5.10. The van der Waals surface area contributed by atoms with Crippen LogP contribution in [-0.4, -0.2) is 38.5 Å². The molecule has 0 amide bonds. The van der Waals surface area contributed by atoms with Crippen LogP contribution in [0.4, 0.5) is 18.9 Å². The van der Waals surface area contributed by atoms with Gasteiger partial charge in [-0.2, -0.15) is 22.9 Å². The van der Waals surface area contributed by atoms with Crippen LogP contribution in [0.15, 0.2) is 75.0 Å². The zero-order valence-corrected chi connectivity index (χ0v) is 20.4. The van der Waals surface area contributed by atoms with Gasteiger partial charge in [-0.15, -0.1) is 0 Å².